The highest BCUT2D eigenvalue weighted by molar-refractivity contribution is 5.69. The van der Waals surface area contributed by atoms with Gasteiger partial charge in [-0.25, -0.2) is 0 Å². The molecule has 98 valence electrons. The molecule has 2 rings (SSSR count). The lowest BCUT2D eigenvalue weighted by molar-refractivity contribution is -0.140. The van der Waals surface area contributed by atoms with E-state index in [-0.39, 0.29) is 5.97 Å². The number of hydrogen-bond donors (Lipinski definition) is 0. The van der Waals surface area contributed by atoms with E-state index in [1.807, 2.05) is 0 Å². The van der Waals surface area contributed by atoms with Crippen molar-refractivity contribution in [2.75, 3.05) is 26.7 Å². The summed E-state index contributed by atoms with van der Waals surface area (Å²) in [6.07, 6.45) is 10.1. The maximum absolute atomic E-state index is 11.0. The smallest absolute Gasteiger partial charge is 0.305 e. The van der Waals surface area contributed by atoms with Crippen LogP contribution in [0.25, 0.3) is 0 Å². The van der Waals surface area contributed by atoms with Crippen molar-refractivity contribution in [2.45, 2.75) is 51.4 Å². The summed E-state index contributed by atoms with van der Waals surface area (Å²) < 4.78 is 4.66. The minimum atomic E-state index is -0.0747. The number of ether oxygens (including phenoxy) is 1. The van der Waals surface area contributed by atoms with Crippen LogP contribution in [0.15, 0.2) is 0 Å². The molecule has 1 aliphatic carbocycles. The first-order valence-electron chi connectivity index (χ1n) is 7.03. The van der Waals surface area contributed by atoms with E-state index in [2.05, 4.69) is 9.64 Å². The number of carbonyl (C=O) groups excluding carboxylic acids is 1. The Morgan fingerprint density at radius 1 is 1.18 bits per heavy atom. The Hall–Kier alpha value is -0.570. The molecule has 0 atom stereocenters. The van der Waals surface area contributed by atoms with E-state index < -0.39 is 0 Å². The van der Waals surface area contributed by atoms with E-state index in [0.29, 0.717) is 11.8 Å². The highest BCUT2D eigenvalue weighted by atomic mass is 16.5. The number of hydrogen-bond acceptors (Lipinski definition) is 3. The Labute approximate surface area is 105 Å². The molecule has 1 aliphatic heterocycles. The molecule has 0 aromatic carbocycles. The predicted molar refractivity (Wildman–Crippen MR) is 67.8 cm³/mol. The second kappa shape index (κ2) is 5.85. The van der Waals surface area contributed by atoms with Crippen molar-refractivity contribution in [3.63, 3.8) is 0 Å². The summed E-state index contributed by atoms with van der Waals surface area (Å²) in [6.45, 7) is 3.54. The lowest BCUT2D eigenvalue weighted by atomic mass is 9.77. The number of methoxy groups -OCH3 is 1. The van der Waals surface area contributed by atoms with Crippen LogP contribution in [0.1, 0.15) is 51.4 Å². The molecule has 3 heteroatoms. The van der Waals surface area contributed by atoms with Crippen molar-refractivity contribution in [1.29, 1.82) is 0 Å². The third-order valence-electron chi connectivity index (χ3n) is 4.66. The summed E-state index contributed by atoms with van der Waals surface area (Å²) >= 11 is 0. The van der Waals surface area contributed by atoms with Crippen LogP contribution < -0.4 is 0 Å². The number of rotatable bonds is 4. The molecule has 2 aliphatic rings. The predicted octanol–water partition coefficient (Wildman–Crippen LogP) is 2.60. The Balaban J connectivity index is 1.63. The maximum Gasteiger partial charge on any atom is 0.305 e. The molecule has 17 heavy (non-hydrogen) atoms. The molecule has 1 saturated heterocycles. The molecule has 1 heterocycles. The van der Waals surface area contributed by atoms with Gasteiger partial charge in [0.2, 0.25) is 0 Å². The fourth-order valence-corrected chi connectivity index (χ4v) is 3.43. The molecular weight excluding hydrogens is 214 g/mol. The quantitative estimate of drug-likeness (QED) is 0.706. The first kappa shape index (κ1) is 12.9. The number of carbonyl (C=O) groups is 1. The first-order valence-corrected chi connectivity index (χ1v) is 7.03. The van der Waals surface area contributed by atoms with E-state index in [9.17, 15) is 4.79 Å². The van der Waals surface area contributed by atoms with Gasteiger partial charge in [0.15, 0.2) is 0 Å². The van der Waals surface area contributed by atoms with Gasteiger partial charge in [-0.1, -0.05) is 12.8 Å². The second-order valence-electron chi connectivity index (χ2n) is 5.73. The number of nitrogens with zero attached hydrogens (tertiary/aromatic N) is 1. The van der Waals surface area contributed by atoms with Gasteiger partial charge >= 0.3 is 5.97 Å². The molecule has 0 radical (unpaired) electrons. The summed E-state index contributed by atoms with van der Waals surface area (Å²) in [5, 5.41) is 0. The summed E-state index contributed by atoms with van der Waals surface area (Å²) in [4.78, 5) is 13.5. The van der Waals surface area contributed by atoms with Crippen molar-refractivity contribution >= 4 is 5.97 Å². The molecule has 0 amide bonds. The van der Waals surface area contributed by atoms with Crippen LogP contribution in [-0.4, -0.2) is 37.6 Å². The normalized spacial score (nSPS) is 24.1. The van der Waals surface area contributed by atoms with Gasteiger partial charge in [0.25, 0.3) is 0 Å². The molecule has 0 N–H and O–H groups in total. The highest BCUT2D eigenvalue weighted by Gasteiger charge is 2.36. The van der Waals surface area contributed by atoms with Gasteiger partial charge in [-0.05, 0) is 57.2 Å². The van der Waals surface area contributed by atoms with Crippen LogP contribution in [0.3, 0.4) is 0 Å². The van der Waals surface area contributed by atoms with Gasteiger partial charge in [0, 0.05) is 6.42 Å². The molecule has 3 nitrogen and oxygen atoms in total. The van der Waals surface area contributed by atoms with Crippen molar-refractivity contribution in [3.05, 3.63) is 0 Å². The van der Waals surface area contributed by atoms with Gasteiger partial charge in [0.05, 0.1) is 7.11 Å². The molecule has 0 unspecified atom stereocenters. The van der Waals surface area contributed by atoms with Crippen LogP contribution in [0.5, 0.6) is 0 Å². The van der Waals surface area contributed by atoms with Gasteiger partial charge in [0.1, 0.15) is 0 Å². The van der Waals surface area contributed by atoms with Gasteiger partial charge in [-0.2, -0.15) is 0 Å². The van der Waals surface area contributed by atoms with E-state index in [4.69, 9.17) is 0 Å². The van der Waals surface area contributed by atoms with E-state index >= 15 is 0 Å². The fraction of sp³-hybridized carbons (Fsp3) is 0.929. The molecule has 0 bridgehead atoms. The van der Waals surface area contributed by atoms with Gasteiger partial charge < -0.3 is 9.64 Å². The Morgan fingerprint density at radius 2 is 1.82 bits per heavy atom. The van der Waals surface area contributed by atoms with Crippen molar-refractivity contribution in [2.24, 2.45) is 5.41 Å². The van der Waals surface area contributed by atoms with Crippen molar-refractivity contribution in [3.8, 4) is 0 Å². The molecular formula is C14H25NO2. The fourth-order valence-electron chi connectivity index (χ4n) is 3.43. The van der Waals surface area contributed by atoms with Crippen molar-refractivity contribution in [1.82, 2.24) is 4.90 Å². The van der Waals surface area contributed by atoms with Crippen LogP contribution >= 0.6 is 0 Å². The van der Waals surface area contributed by atoms with Crippen molar-refractivity contribution < 1.29 is 9.53 Å². The topological polar surface area (TPSA) is 29.5 Å². The zero-order valence-electron chi connectivity index (χ0n) is 11.0. The average molecular weight is 239 g/mol. The number of esters is 1. The number of piperidine rings is 1. The van der Waals surface area contributed by atoms with Gasteiger partial charge in [-0.15, -0.1) is 0 Å². The zero-order valence-corrected chi connectivity index (χ0v) is 11.0. The molecule has 1 spiro atoms. The second-order valence-corrected chi connectivity index (χ2v) is 5.73. The maximum atomic E-state index is 11.0. The van der Waals surface area contributed by atoms with Crippen LogP contribution in [0, 0.1) is 5.41 Å². The summed E-state index contributed by atoms with van der Waals surface area (Å²) in [6, 6.07) is 0. The lowest BCUT2D eigenvalue weighted by Crippen LogP contribution is -2.39. The Morgan fingerprint density at radius 3 is 2.41 bits per heavy atom. The minimum absolute atomic E-state index is 0.0747. The third kappa shape index (κ3) is 3.44. The van der Waals surface area contributed by atoms with E-state index in [1.165, 1.54) is 58.7 Å². The number of likely N-dealkylation sites (tertiary alicyclic amines) is 1. The zero-order chi connectivity index (χ0) is 12.1. The van der Waals surface area contributed by atoms with E-state index in [1.54, 1.807) is 0 Å². The Kier molecular flexibility index (Phi) is 4.43. The lowest BCUT2D eigenvalue weighted by Gasteiger charge is -2.39. The first-order chi connectivity index (χ1) is 8.24. The summed E-state index contributed by atoms with van der Waals surface area (Å²) in [5.74, 6) is -0.0747. The summed E-state index contributed by atoms with van der Waals surface area (Å²) in [5.41, 5.74) is 0.707. The van der Waals surface area contributed by atoms with Crippen LogP contribution in [0.4, 0.5) is 0 Å². The molecule has 0 aromatic heterocycles. The molecule has 1 saturated carbocycles. The van der Waals surface area contributed by atoms with E-state index in [0.717, 1.165) is 13.0 Å². The highest BCUT2D eigenvalue weighted by Crippen LogP contribution is 2.46. The Bertz CT molecular complexity index is 249. The minimum Gasteiger partial charge on any atom is -0.469 e. The monoisotopic (exact) mass is 239 g/mol. The van der Waals surface area contributed by atoms with Crippen LogP contribution in [0.2, 0.25) is 0 Å². The van der Waals surface area contributed by atoms with Crippen LogP contribution in [-0.2, 0) is 9.53 Å². The largest absolute Gasteiger partial charge is 0.469 e. The standard InChI is InChI=1S/C14H25NO2/c1-17-13(16)5-4-10-15-11-8-14(9-12-15)6-2-3-7-14/h2-12H2,1H3. The SMILES string of the molecule is COC(=O)CCCN1CCC2(CCCC2)CC1. The van der Waals surface area contributed by atoms with Gasteiger partial charge in [-0.3, -0.25) is 4.79 Å². The third-order valence-corrected chi connectivity index (χ3v) is 4.66. The summed E-state index contributed by atoms with van der Waals surface area (Å²) in [7, 11) is 1.47. The molecule has 0 aromatic rings. The average Bonchev–Trinajstić information content (AvgIpc) is 2.80. The molecule has 2 fully saturated rings.